The summed E-state index contributed by atoms with van der Waals surface area (Å²) in [6.07, 6.45) is 1.73. The molecule has 0 spiro atoms. The number of benzene rings is 1. The molecule has 0 unspecified atom stereocenters. The Hall–Kier alpha value is -1.77. The summed E-state index contributed by atoms with van der Waals surface area (Å²) in [5.41, 5.74) is 8.01. The molecule has 92 valence electrons. The van der Waals surface area contributed by atoms with E-state index >= 15 is 0 Å². The third-order valence-corrected chi connectivity index (χ3v) is 2.56. The first-order valence-corrected chi connectivity index (χ1v) is 5.74. The Labute approximate surface area is 103 Å². The van der Waals surface area contributed by atoms with E-state index in [2.05, 4.69) is 6.58 Å². The van der Waals surface area contributed by atoms with Crippen LogP contribution < -0.4 is 5.73 Å². The Kier molecular flexibility index (Phi) is 4.32. The Morgan fingerprint density at radius 2 is 2.12 bits per heavy atom. The highest BCUT2D eigenvalue weighted by molar-refractivity contribution is 5.95. The van der Waals surface area contributed by atoms with Gasteiger partial charge in [-0.15, -0.1) is 6.58 Å². The lowest BCUT2D eigenvalue weighted by Gasteiger charge is -2.25. The molecule has 1 amide bonds. The predicted octanol–water partition coefficient (Wildman–Crippen LogP) is 2.61. The molecule has 3 heteroatoms. The zero-order chi connectivity index (χ0) is 13.0. The standard InChI is InChI=1S/C14H20N2O/c1-5-6-16(10(2)3)14(17)12-7-11(4)8-13(15)9-12/h5,7-10H,1,6,15H2,2-4H3. The highest BCUT2D eigenvalue weighted by Crippen LogP contribution is 2.14. The van der Waals surface area contributed by atoms with Crippen molar-refractivity contribution >= 4 is 11.6 Å². The van der Waals surface area contributed by atoms with Crippen molar-refractivity contribution in [3.05, 3.63) is 42.0 Å². The fraction of sp³-hybridized carbons (Fsp3) is 0.357. The fourth-order valence-electron chi connectivity index (χ4n) is 1.77. The van der Waals surface area contributed by atoms with Gasteiger partial charge in [-0.05, 0) is 44.5 Å². The van der Waals surface area contributed by atoms with Crippen LogP contribution in [0.1, 0.15) is 29.8 Å². The quantitative estimate of drug-likeness (QED) is 0.640. The second kappa shape index (κ2) is 5.53. The molecule has 0 saturated carbocycles. The van der Waals surface area contributed by atoms with Gasteiger partial charge in [-0.3, -0.25) is 4.79 Å². The summed E-state index contributed by atoms with van der Waals surface area (Å²) in [5.74, 6) is -0.00435. The van der Waals surface area contributed by atoms with Crippen molar-refractivity contribution in [2.24, 2.45) is 0 Å². The van der Waals surface area contributed by atoms with Crippen LogP contribution >= 0.6 is 0 Å². The van der Waals surface area contributed by atoms with Gasteiger partial charge in [-0.1, -0.05) is 6.08 Å². The van der Waals surface area contributed by atoms with Gasteiger partial charge in [-0.25, -0.2) is 0 Å². The molecule has 0 aliphatic heterocycles. The van der Waals surface area contributed by atoms with Crippen LogP contribution in [0.15, 0.2) is 30.9 Å². The number of hydrogen-bond donors (Lipinski definition) is 1. The van der Waals surface area contributed by atoms with Crippen LogP contribution in [0, 0.1) is 6.92 Å². The van der Waals surface area contributed by atoms with Gasteiger partial charge in [0, 0.05) is 23.8 Å². The van der Waals surface area contributed by atoms with Crippen LogP contribution in [0.4, 0.5) is 5.69 Å². The van der Waals surface area contributed by atoms with Crippen molar-refractivity contribution < 1.29 is 4.79 Å². The Morgan fingerprint density at radius 1 is 1.47 bits per heavy atom. The number of aryl methyl sites for hydroxylation is 1. The molecule has 0 aliphatic carbocycles. The number of carbonyl (C=O) groups is 1. The third kappa shape index (κ3) is 3.34. The number of rotatable bonds is 4. The van der Waals surface area contributed by atoms with Gasteiger partial charge in [0.25, 0.3) is 5.91 Å². The van der Waals surface area contributed by atoms with Gasteiger partial charge in [0.05, 0.1) is 0 Å². The molecule has 0 heterocycles. The molecule has 0 aliphatic rings. The molecule has 1 aromatic rings. The molecule has 3 nitrogen and oxygen atoms in total. The van der Waals surface area contributed by atoms with Crippen molar-refractivity contribution in [1.82, 2.24) is 4.90 Å². The molecule has 17 heavy (non-hydrogen) atoms. The van der Waals surface area contributed by atoms with E-state index in [-0.39, 0.29) is 11.9 Å². The second-order valence-electron chi connectivity index (χ2n) is 4.47. The minimum Gasteiger partial charge on any atom is -0.399 e. The Morgan fingerprint density at radius 3 is 2.59 bits per heavy atom. The van der Waals surface area contributed by atoms with Crippen LogP contribution in [0.3, 0.4) is 0 Å². The summed E-state index contributed by atoms with van der Waals surface area (Å²) < 4.78 is 0. The van der Waals surface area contributed by atoms with E-state index in [9.17, 15) is 4.79 Å². The van der Waals surface area contributed by atoms with Crippen molar-refractivity contribution in [3.63, 3.8) is 0 Å². The normalized spacial score (nSPS) is 10.4. The first kappa shape index (κ1) is 13.3. The van der Waals surface area contributed by atoms with Gasteiger partial charge in [0.1, 0.15) is 0 Å². The molecule has 0 bridgehead atoms. The number of nitrogens with zero attached hydrogens (tertiary/aromatic N) is 1. The van der Waals surface area contributed by atoms with Gasteiger partial charge in [0.15, 0.2) is 0 Å². The van der Waals surface area contributed by atoms with E-state index in [4.69, 9.17) is 5.73 Å². The molecule has 0 atom stereocenters. The molecule has 2 N–H and O–H groups in total. The molecule has 1 rings (SSSR count). The number of anilines is 1. The average Bonchev–Trinajstić information content (AvgIpc) is 2.23. The lowest BCUT2D eigenvalue weighted by Crippen LogP contribution is -2.37. The van der Waals surface area contributed by atoms with Gasteiger partial charge < -0.3 is 10.6 Å². The van der Waals surface area contributed by atoms with Crippen LogP contribution in [0.5, 0.6) is 0 Å². The topological polar surface area (TPSA) is 46.3 Å². The monoisotopic (exact) mass is 232 g/mol. The highest BCUT2D eigenvalue weighted by atomic mass is 16.2. The van der Waals surface area contributed by atoms with Crippen molar-refractivity contribution in [2.45, 2.75) is 26.8 Å². The fourth-order valence-corrected chi connectivity index (χ4v) is 1.77. The highest BCUT2D eigenvalue weighted by Gasteiger charge is 2.17. The van der Waals surface area contributed by atoms with Crippen molar-refractivity contribution in [1.29, 1.82) is 0 Å². The molecule has 0 saturated heterocycles. The van der Waals surface area contributed by atoms with Gasteiger partial charge in [0.2, 0.25) is 0 Å². The smallest absolute Gasteiger partial charge is 0.254 e. The summed E-state index contributed by atoms with van der Waals surface area (Å²) in [6, 6.07) is 5.57. The zero-order valence-electron chi connectivity index (χ0n) is 10.7. The number of amides is 1. The Balaban J connectivity index is 3.04. The SMILES string of the molecule is C=CCN(C(=O)c1cc(C)cc(N)c1)C(C)C. The van der Waals surface area contributed by atoms with Crippen molar-refractivity contribution in [3.8, 4) is 0 Å². The maximum absolute atomic E-state index is 12.3. The number of nitrogen functional groups attached to an aromatic ring is 1. The number of carbonyl (C=O) groups excluding carboxylic acids is 1. The van der Waals surface area contributed by atoms with E-state index in [0.717, 1.165) is 5.56 Å². The van der Waals surface area contributed by atoms with E-state index in [1.807, 2.05) is 32.9 Å². The largest absolute Gasteiger partial charge is 0.399 e. The molecular weight excluding hydrogens is 212 g/mol. The molecule has 0 fully saturated rings. The third-order valence-electron chi connectivity index (χ3n) is 2.56. The number of hydrogen-bond acceptors (Lipinski definition) is 2. The zero-order valence-corrected chi connectivity index (χ0v) is 10.7. The summed E-state index contributed by atoms with van der Waals surface area (Å²) in [5, 5.41) is 0. The molecule has 0 radical (unpaired) electrons. The summed E-state index contributed by atoms with van der Waals surface area (Å²) in [6.45, 7) is 10.1. The lowest BCUT2D eigenvalue weighted by molar-refractivity contribution is 0.0728. The Bertz CT molecular complexity index is 404. The lowest BCUT2D eigenvalue weighted by atomic mass is 10.1. The second-order valence-corrected chi connectivity index (χ2v) is 4.47. The van der Waals surface area contributed by atoms with Crippen LogP contribution in [-0.4, -0.2) is 23.4 Å². The van der Waals surface area contributed by atoms with Crippen LogP contribution in [0.2, 0.25) is 0 Å². The maximum atomic E-state index is 12.3. The van der Waals surface area contributed by atoms with Gasteiger partial charge >= 0.3 is 0 Å². The summed E-state index contributed by atoms with van der Waals surface area (Å²) in [4.78, 5) is 14.1. The minimum atomic E-state index is -0.00435. The van der Waals surface area contributed by atoms with E-state index in [1.165, 1.54) is 0 Å². The van der Waals surface area contributed by atoms with Gasteiger partial charge in [-0.2, -0.15) is 0 Å². The maximum Gasteiger partial charge on any atom is 0.254 e. The summed E-state index contributed by atoms with van der Waals surface area (Å²) >= 11 is 0. The summed E-state index contributed by atoms with van der Waals surface area (Å²) in [7, 11) is 0. The van der Waals surface area contributed by atoms with Crippen molar-refractivity contribution in [2.75, 3.05) is 12.3 Å². The first-order valence-electron chi connectivity index (χ1n) is 5.74. The first-order chi connectivity index (χ1) is 7.95. The van der Waals surface area contributed by atoms with E-state index in [0.29, 0.717) is 17.8 Å². The van der Waals surface area contributed by atoms with E-state index < -0.39 is 0 Å². The molecule has 1 aromatic carbocycles. The van der Waals surface area contributed by atoms with Crippen LogP contribution in [0.25, 0.3) is 0 Å². The average molecular weight is 232 g/mol. The van der Waals surface area contributed by atoms with Crippen LogP contribution in [-0.2, 0) is 0 Å². The van der Waals surface area contributed by atoms with E-state index in [1.54, 1.807) is 17.0 Å². The minimum absolute atomic E-state index is 0.00435. The molecular formula is C14H20N2O. The number of nitrogens with two attached hydrogens (primary N) is 1. The predicted molar refractivity (Wildman–Crippen MR) is 72.0 cm³/mol. The molecule has 0 aromatic heterocycles.